The summed E-state index contributed by atoms with van der Waals surface area (Å²) in [6.45, 7) is 0. The topological polar surface area (TPSA) is 0 Å². The lowest BCUT2D eigenvalue weighted by Gasteiger charge is -1.95. The van der Waals surface area contributed by atoms with Crippen molar-refractivity contribution in [3.63, 3.8) is 0 Å². The molecular formula is C12H7Br2FS. The van der Waals surface area contributed by atoms with Crippen LogP contribution in [0.3, 0.4) is 0 Å². The molecule has 0 amide bonds. The van der Waals surface area contributed by atoms with Gasteiger partial charge in [-0.2, -0.15) is 0 Å². The fourth-order valence-corrected chi connectivity index (χ4v) is 3.06. The van der Waals surface area contributed by atoms with Gasteiger partial charge in [-0.15, -0.1) is 11.3 Å². The SMILES string of the molecule is Fc1ccc(-c2ccc(C=C(Br)Br)s2)cc1. The molecule has 0 unspecified atom stereocenters. The monoisotopic (exact) mass is 360 g/mol. The zero-order valence-electron chi connectivity index (χ0n) is 8.08. The van der Waals surface area contributed by atoms with Gasteiger partial charge in [-0.05, 0) is 67.8 Å². The van der Waals surface area contributed by atoms with Crippen molar-refractivity contribution in [3.05, 3.63) is 50.5 Å². The molecule has 0 radical (unpaired) electrons. The van der Waals surface area contributed by atoms with E-state index in [1.807, 2.05) is 18.2 Å². The minimum absolute atomic E-state index is 0.205. The number of hydrogen-bond donors (Lipinski definition) is 0. The summed E-state index contributed by atoms with van der Waals surface area (Å²) in [5.41, 5.74) is 1.04. The molecule has 4 heteroatoms. The summed E-state index contributed by atoms with van der Waals surface area (Å²) in [7, 11) is 0. The van der Waals surface area contributed by atoms with Crippen LogP contribution in [0.25, 0.3) is 16.5 Å². The third-order valence-corrected chi connectivity index (χ3v) is 3.55. The van der Waals surface area contributed by atoms with Gasteiger partial charge < -0.3 is 0 Å². The third kappa shape index (κ3) is 3.03. The molecule has 2 rings (SSSR count). The number of benzene rings is 1. The quantitative estimate of drug-likeness (QED) is 0.649. The summed E-state index contributed by atoms with van der Waals surface area (Å²) < 4.78 is 13.7. The van der Waals surface area contributed by atoms with Crippen LogP contribution in [0, 0.1) is 5.82 Å². The van der Waals surface area contributed by atoms with Gasteiger partial charge >= 0.3 is 0 Å². The molecular weight excluding hydrogens is 355 g/mol. The van der Waals surface area contributed by atoms with Crippen LogP contribution in [-0.2, 0) is 0 Å². The molecule has 16 heavy (non-hydrogen) atoms. The lowest BCUT2D eigenvalue weighted by molar-refractivity contribution is 0.628. The lowest BCUT2D eigenvalue weighted by atomic mass is 10.2. The number of rotatable bonds is 2. The molecule has 0 N–H and O–H groups in total. The first-order valence-electron chi connectivity index (χ1n) is 4.53. The molecule has 0 atom stereocenters. The van der Waals surface area contributed by atoms with E-state index < -0.39 is 0 Å². The molecule has 0 aliphatic rings. The Morgan fingerprint density at radius 3 is 2.38 bits per heavy atom. The van der Waals surface area contributed by atoms with Gasteiger partial charge in [0.15, 0.2) is 0 Å². The first-order chi connectivity index (χ1) is 7.65. The predicted molar refractivity (Wildman–Crippen MR) is 75.5 cm³/mol. The van der Waals surface area contributed by atoms with E-state index in [1.54, 1.807) is 23.5 Å². The standard InChI is InChI=1S/C12H7Br2FS/c13-12(14)7-10-5-6-11(16-10)8-1-3-9(15)4-2-8/h1-7H. The van der Waals surface area contributed by atoms with E-state index in [2.05, 4.69) is 31.9 Å². The van der Waals surface area contributed by atoms with E-state index in [4.69, 9.17) is 0 Å². The molecule has 1 aromatic carbocycles. The Bertz CT molecular complexity index is 510. The van der Waals surface area contributed by atoms with Crippen molar-refractivity contribution < 1.29 is 4.39 Å². The van der Waals surface area contributed by atoms with Gasteiger partial charge in [0.1, 0.15) is 5.82 Å². The second kappa shape index (κ2) is 5.25. The Labute approximate surface area is 114 Å². The molecule has 0 aliphatic heterocycles. The van der Waals surface area contributed by atoms with E-state index in [9.17, 15) is 4.39 Å². The van der Waals surface area contributed by atoms with Crippen LogP contribution in [0.5, 0.6) is 0 Å². The first-order valence-corrected chi connectivity index (χ1v) is 6.94. The van der Waals surface area contributed by atoms with Gasteiger partial charge in [-0.3, -0.25) is 0 Å². The zero-order chi connectivity index (χ0) is 11.5. The van der Waals surface area contributed by atoms with Crippen LogP contribution in [0.4, 0.5) is 4.39 Å². The molecule has 0 fully saturated rings. The first kappa shape index (κ1) is 12.0. The van der Waals surface area contributed by atoms with Crippen molar-refractivity contribution >= 4 is 49.3 Å². The third-order valence-electron chi connectivity index (χ3n) is 2.01. The summed E-state index contributed by atoms with van der Waals surface area (Å²) in [6, 6.07) is 10.6. The second-order valence-corrected chi connectivity index (χ2v) is 7.03. The fourth-order valence-electron chi connectivity index (χ4n) is 1.31. The maximum Gasteiger partial charge on any atom is 0.123 e. The maximum atomic E-state index is 12.8. The number of thiophene rings is 1. The van der Waals surface area contributed by atoms with Gasteiger partial charge in [-0.1, -0.05) is 12.1 Å². The van der Waals surface area contributed by atoms with Gasteiger partial charge in [0.05, 0.1) is 3.39 Å². The Morgan fingerprint density at radius 1 is 1.06 bits per heavy atom. The van der Waals surface area contributed by atoms with E-state index in [0.717, 1.165) is 18.7 Å². The second-order valence-electron chi connectivity index (χ2n) is 3.14. The molecule has 0 spiro atoms. The summed E-state index contributed by atoms with van der Waals surface area (Å²) in [6.07, 6.45) is 1.98. The maximum absolute atomic E-state index is 12.8. The van der Waals surface area contributed by atoms with E-state index in [-0.39, 0.29) is 5.82 Å². The largest absolute Gasteiger partial charge is 0.207 e. The lowest BCUT2D eigenvalue weighted by Crippen LogP contribution is -1.73. The Hall–Kier alpha value is -0.450. The molecule has 0 nitrogen and oxygen atoms in total. The molecule has 1 heterocycles. The van der Waals surface area contributed by atoms with Gasteiger partial charge in [-0.25, -0.2) is 4.39 Å². The molecule has 2 aromatic rings. The highest BCUT2D eigenvalue weighted by molar-refractivity contribution is 9.28. The fraction of sp³-hybridized carbons (Fsp3) is 0. The summed E-state index contributed by atoms with van der Waals surface area (Å²) >= 11 is 8.30. The van der Waals surface area contributed by atoms with Crippen LogP contribution >= 0.6 is 43.2 Å². The molecule has 82 valence electrons. The van der Waals surface area contributed by atoms with Crippen molar-refractivity contribution in [2.75, 3.05) is 0 Å². The van der Waals surface area contributed by atoms with Crippen molar-refractivity contribution in [3.8, 4) is 10.4 Å². The Balaban J connectivity index is 2.31. The van der Waals surface area contributed by atoms with Crippen LogP contribution in [0.2, 0.25) is 0 Å². The van der Waals surface area contributed by atoms with Crippen molar-refractivity contribution in [1.82, 2.24) is 0 Å². The van der Waals surface area contributed by atoms with Crippen molar-refractivity contribution in [2.45, 2.75) is 0 Å². The highest BCUT2D eigenvalue weighted by Gasteiger charge is 2.01. The summed E-state index contributed by atoms with van der Waals surface area (Å²) in [5, 5.41) is 0. The van der Waals surface area contributed by atoms with Gasteiger partial charge in [0, 0.05) is 9.75 Å². The minimum Gasteiger partial charge on any atom is -0.207 e. The van der Waals surface area contributed by atoms with E-state index in [1.165, 1.54) is 12.1 Å². The number of hydrogen-bond acceptors (Lipinski definition) is 1. The normalized spacial score (nSPS) is 10.2. The van der Waals surface area contributed by atoms with Crippen LogP contribution in [0.1, 0.15) is 4.88 Å². The van der Waals surface area contributed by atoms with Crippen LogP contribution in [-0.4, -0.2) is 0 Å². The van der Waals surface area contributed by atoms with Crippen LogP contribution in [0.15, 0.2) is 39.8 Å². The van der Waals surface area contributed by atoms with E-state index in [0.29, 0.717) is 0 Å². The molecule has 0 saturated heterocycles. The molecule has 1 aromatic heterocycles. The van der Waals surface area contributed by atoms with Crippen LogP contribution < -0.4 is 0 Å². The van der Waals surface area contributed by atoms with Crippen molar-refractivity contribution in [2.24, 2.45) is 0 Å². The van der Waals surface area contributed by atoms with Gasteiger partial charge in [0.25, 0.3) is 0 Å². The molecule has 0 bridgehead atoms. The zero-order valence-corrected chi connectivity index (χ0v) is 12.1. The Kier molecular flexibility index (Phi) is 3.95. The van der Waals surface area contributed by atoms with E-state index >= 15 is 0 Å². The summed E-state index contributed by atoms with van der Waals surface area (Å²) in [5.74, 6) is -0.205. The molecule has 0 aliphatic carbocycles. The van der Waals surface area contributed by atoms with Crippen molar-refractivity contribution in [1.29, 1.82) is 0 Å². The highest BCUT2D eigenvalue weighted by atomic mass is 79.9. The minimum atomic E-state index is -0.205. The molecule has 0 saturated carbocycles. The Morgan fingerprint density at radius 2 is 1.75 bits per heavy atom. The average molecular weight is 362 g/mol. The smallest absolute Gasteiger partial charge is 0.123 e. The highest BCUT2D eigenvalue weighted by Crippen LogP contribution is 2.30. The summed E-state index contributed by atoms with van der Waals surface area (Å²) in [4.78, 5) is 2.27. The predicted octanol–water partition coefficient (Wildman–Crippen LogP) is 5.64. The van der Waals surface area contributed by atoms with Gasteiger partial charge in [0.2, 0.25) is 0 Å². The average Bonchev–Trinajstić information content (AvgIpc) is 2.66. The number of halogens is 3.